The van der Waals surface area contributed by atoms with Gasteiger partial charge in [0.1, 0.15) is 5.82 Å². The van der Waals surface area contributed by atoms with E-state index in [1.807, 2.05) is 19.1 Å². The number of nitrogens with one attached hydrogen (secondary N) is 1. The molecule has 2 rings (SSSR count). The van der Waals surface area contributed by atoms with Gasteiger partial charge in [0.15, 0.2) is 0 Å². The molecule has 0 spiro atoms. The second kappa shape index (κ2) is 5.48. The summed E-state index contributed by atoms with van der Waals surface area (Å²) in [7, 11) is 0. The zero-order valence-corrected chi connectivity index (χ0v) is 11.9. The summed E-state index contributed by atoms with van der Waals surface area (Å²) in [5.41, 5.74) is 1.61. The molecular weight excluding hydrogens is 344 g/mol. The number of anilines is 1. The molecule has 0 radical (unpaired) electrons. The van der Waals surface area contributed by atoms with Gasteiger partial charge in [-0.2, -0.15) is 0 Å². The van der Waals surface area contributed by atoms with Crippen molar-refractivity contribution in [2.75, 3.05) is 5.32 Å². The monoisotopic (exact) mass is 355 g/mol. The molecule has 1 N–H and O–H groups in total. The summed E-state index contributed by atoms with van der Waals surface area (Å²) in [4.78, 5) is 11.9. The molecule has 2 aromatic carbocycles. The van der Waals surface area contributed by atoms with Gasteiger partial charge in [0.2, 0.25) is 0 Å². The SMILES string of the molecule is Cc1ccc(F)c(NC(=O)c2ccc(I)cc2)c1. The van der Waals surface area contributed by atoms with Crippen molar-refractivity contribution in [3.8, 4) is 0 Å². The third kappa shape index (κ3) is 3.07. The molecule has 2 nitrogen and oxygen atoms in total. The fraction of sp³-hybridized carbons (Fsp3) is 0.0714. The van der Waals surface area contributed by atoms with Crippen LogP contribution in [-0.2, 0) is 0 Å². The van der Waals surface area contributed by atoms with Crippen molar-refractivity contribution in [1.82, 2.24) is 0 Å². The highest BCUT2D eigenvalue weighted by Crippen LogP contribution is 2.17. The molecule has 0 heterocycles. The number of benzene rings is 2. The van der Waals surface area contributed by atoms with E-state index in [1.165, 1.54) is 6.07 Å². The molecule has 18 heavy (non-hydrogen) atoms. The molecule has 4 heteroatoms. The number of hydrogen-bond donors (Lipinski definition) is 1. The Morgan fingerprint density at radius 2 is 1.83 bits per heavy atom. The summed E-state index contributed by atoms with van der Waals surface area (Å²) in [6.45, 7) is 1.85. The third-order valence-corrected chi connectivity index (χ3v) is 3.20. The highest BCUT2D eigenvalue weighted by molar-refractivity contribution is 14.1. The Bertz CT molecular complexity index is 581. The van der Waals surface area contributed by atoms with Gasteiger partial charge in [-0.1, -0.05) is 6.07 Å². The predicted molar refractivity (Wildman–Crippen MR) is 78.2 cm³/mol. The van der Waals surface area contributed by atoms with Crippen molar-refractivity contribution in [2.45, 2.75) is 6.92 Å². The molecule has 1 amide bonds. The molecule has 0 unspecified atom stereocenters. The quantitative estimate of drug-likeness (QED) is 0.811. The smallest absolute Gasteiger partial charge is 0.255 e. The summed E-state index contributed by atoms with van der Waals surface area (Å²) in [6, 6.07) is 11.7. The molecule has 0 saturated carbocycles. The highest BCUT2D eigenvalue weighted by atomic mass is 127. The fourth-order valence-electron chi connectivity index (χ4n) is 1.53. The first-order valence-corrected chi connectivity index (χ1v) is 6.47. The Morgan fingerprint density at radius 1 is 1.17 bits per heavy atom. The maximum atomic E-state index is 13.5. The van der Waals surface area contributed by atoms with Gasteiger partial charge in [-0.15, -0.1) is 0 Å². The lowest BCUT2D eigenvalue weighted by Gasteiger charge is -2.07. The van der Waals surface area contributed by atoms with Gasteiger partial charge in [-0.05, 0) is 71.5 Å². The van der Waals surface area contributed by atoms with Crippen LogP contribution in [-0.4, -0.2) is 5.91 Å². The van der Waals surface area contributed by atoms with E-state index >= 15 is 0 Å². The Morgan fingerprint density at radius 3 is 2.50 bits per heavy atom. The number of carbonyl (C=O) groups is 1. The van der Waals surface area contributed by atoms with Crippen LogP contribution in [0.2, 0.25) is 0 Å². The Balaban J connectivity index is 2.21. The van der Waals surface area contributed by atoms with Gasteiger partial charge in [-0.25, -0.2) is 4.39 Å². The van der Waals surface area contributed by atoms with Crippen LogP contribution in [0.3, 0.4) is 0 Å². The van der Waals surface area contributed by atoms with Crippen molar-refractivity contribution in [2.24, 2.45) is 0 Å². The van der Waals surface area contributed by atoms with Crippen molar-refractivity contribution < 1.29 is 9.18 Å². The second-order valence-corrected chi connectivity index (χ2v) is 5.19. The van der Waals surface area contributed by atoms with Crippen molar-refractivity contribution >= 4 is 34.2 Å². The summed E-state index contributed by atoms with van der Waals surface area (Å²) in [6.07, 6.45) is 0. The average Bonchev–Trinajstić information content (AvgIpc) is 2.34. The molecule has 0 aliphatic rings. The minimum Gasteiger partial charge on any atom is -0.319 e. The van der Waals surface area contributed by atoms with E-state index < -0.39 is 5.82 Å². The zero-order valence-electron chi connectivity index (χ0n) is 9.71. The van der Waals surface area contributed by atoms with Crippen LogP contribution in [0.5, 0.6) is 0 Å². The number of aryl methyl sites for hydroxylation is 1. The van der Waals surface area contributed by atoms with Crippen LogP contribution in [0.1, 0.15) is 15.9 Å². The molecule has 0 bridgehead atoms. The molecule has 2 aromatic rings. The third-order valence-electron chi connectivity index (χ3n) is 2.48. The predicted octanol–water partition coefficient (Wildman–Crippen LogP) is 3.99. The van der Waals surface area contributed by atoms with Gasteiger partial charge >= 0.3 is 0 Å². The minimum absolute atomic E-state index is 0.207. The first kappa shape index (κ1) is 13.0. The highest BCUT2D eigenvalue weighted by Gasteiger charge is 2.09. The fourth-order valence-corrected chi connectivity index (χ4v) is 1.89. The topological polar surface area (TPSA) is 29.1 Å². The molecule has 0 saturated heterocycles. The molecule has 0 aromatic heterocycles. The van der Waals surface area contributed by atoms with Crippen LogP contribution >= 0.6 is 22.6 Å². The number of rotatable bonds is 2. The van der Waals surface area contributed by atoms with Crippen LogP contribution in [0.15, 0.2) is 42.5 Å². The summed E-state index contributed by atoms with van der Waals surface area (Å²) < 4.78 is 14.5. The van der Waals surface area contributed by atoms with Crippen LogP contribution in [0.25, 0.3) is 0 Å². The number of hydrogen-bond acceptors (Lipinski definition) is 1. The lowest BCUT2D eigenvalue weighted by Crippen LogP contribution is -2.13. The van der Waals surface area contributed by atoms with Gasteiger partial charge in [0.25, 0.3) is 5.91 Å². The van der Waals surface area contributed by atoms with Crippen molar-refractivity contribution in [3.63, 3.8) is 0 Å². The van der Waals surface area contributed by atoms with Gasteiger partial charge in [0, 0.05) is 9.13 Å². The Hall–Kier alpha value is -1.43. The molecule has 0 fully saturated rings. The van der Waals surface area contributed by atoms with E-state index in [0.717, 1.165) is 9.13 Å². The van der Waals surface area contributed by atoms with E-state index in [9.17, 15) is 9.18 Å². The molecule has 0 aliphatic carbocycles. The summed E-state index contributed by atoms with van der Waals surface area (Å²) >= 11 is 2.16. The van der Waals surface area contributed by atoms with E-state index in [1.54, 1.807) is 24.3 Å². The Labute approximate surface area is 118 Å². The van der Waals surface area contributed by atoms with E-state index in [2.05, 4.69) is 27.9 Å². The standard InChI is InChI=1S/C14H11FINO/c1-9-2-7-12(15)13(8-9)17-14(18)10-3-5-11(16)6-4-10/h2-8H,1H3,(H,17,18). The first-order chi connectivity index (χ1) is 8.56. The maximum absolute atomic E-state index is 13.5. The second-order valence-electron chi connectivity index (χ2n) is 3.94. The largest absolute Gasteiger partial charge is 0.319 e. The van der Waals surface area contributed by atoms with E-state index in [0.29, 0.717) is 5.56 Å². The van der Waals surface area contributed by atoms with Gasteiger partial charge < -0.3 is 5.32 Å². The molecule has 0 atom stereocenters. The maximum Gasteiger partial charge on any atom is 0.255 e. The normalized spacial score (nSPS) is 10.2. The van der Waals surface area contributed by atoms with E-state index in [4.69, 9.17) is 0 Å². The lowest BCUT2D eigenvalue weighted by atomic mass is 10.2. The van der Waals surface area contributed by atoms with Crippen LogP contribution in [0, 0.1) is 16.3 Å². The van der Waals surface area contributed by atoms with Crippen LogP contribution in [0.4, 0.5) is 10.1 Å². The number of carbonyl (C=O) groups excluding carboxylic acids is 1. The molecular formula is C14H11FINO. The zero-order chi connectivity index (χ0) is 13.1. The van der Waals surface area contributed by atoms with Gasteiger partial charge in [-0.3, -0.25) is 4.79 Å². The minimum atomic E-state index is -0.431. The molecule has 92 valence electrons. The molecule has 0 aliphatic heterocycles. The lowest BCUT2D eigenvalue weighted by molar-refractivity contribution is 0.102. The summed E-state index contributed by atoms with van der Waals surface area (Å²) in [5.74, 6) is -0.740. The van der Waals surface area contributed by atoms with Crippen molar-refractivity contribution in [1.29, 1.82) is 0 Å². The van der Waals surface area contributed by atoms with Gasteiger partial charge in [0.05, 0.1) is 5.69 Å². The Kier molecular flexibility index (Phi) is 3.96. The number of halogens is 2. The number of amides is 1. The van der Waals surface area contributed by atoms with Crippen molar-refractivity contribution in [3.05, 3.63) is 63.0 Å². The first-order valence-electron chi connectivity index (χ1n) is 5.39. The average molecular weight is 355 g/mol. The van der Waals surface area contributed by atoms with Crippen LogP contribution < -0.4 is 5.32 Å². The van der Waals surface area contributed by atoms with E-state index in [-0.39, 0.29) is 11.6 Å². The summed E-state index contributed by atoms with van der Waals surface area (Å²) in [5, 5.41) is 2.57.